The predicted molar refractivity (Wildman–Crippen MR) is 75.7 cm³/mol. The van der Waals surface area contributed by atoms with Gasteiger partial charge in [0.1, 0.15) is 16.8 Å². The van der Waals surface area contributed by atoms with Crippen molar-refractivity contribution in [1.29, 1.82) is 0 Å². The van der Waals surface area contributed by atoms with E-state index >= 15 is 0 Å². The average Bonchev–Trinajstić information content (AvgIpc) is 2.38. The van der Waals surface area contributed by atoms with Crippen molar-refractivity contribution in [3.63, 3.8) is 0 Å². The average molecular weight is 384 g/mol. The summed E-state index contributed by atoms with van der Waals surface area (Å²) in [5.41, 5.74) is -0.353. The molecule has 0 saturated heterocycles. The Hall–Kier alpha value is -1.34. The lowest BCUT2D eigenvalue weighted by Crippen LogP contribution is -2.08. The van der Waals surface area contributed by atoms with E-state index in [1.54, 1.807) is 0 Å². The van der Waals surface area contributed by atoms with Crippen molar-refractivity contribution < 1.29 is 17.6 Å². The zero-order valence-electron chi connectivity index (χ0n) is 10.3. The van der Waals surface area contributed by atoms with E-state index in [2.05, 4.69) is 26.2 Å². The Balaban J connectivity index is 2.20. The quantitative estimate of drug-likeness (QED) is 0.577. The maximum Gasteiger partial charge on any atom is 0.416 e. The summed E-state index contributed by atoms with van der Waals surface area (Å²) in [4.78, 5) is 3.76. The minimum Gasteiger partial charge on any atom is -0.366 e. The number of hydrogen-bond donors (Lipinski definition) is 1. The molecule has 0 atom stereocenters. The first kappa shape index (κ1) is 16.0. The van der Waals surface area contributed by atoms with E-state index in [0.717, 1.165) is 12.1 Å². The van der Waals surface area contributed by atoms with Crippen LogP contribution in [-0.4, -0.2) is 4.98 Å². The molecule has 0 bridgehead atoms. The van der Waals surface area contributed by atoms with E-state index in [9.17, 15) is 17.6 Å². The van der Waals surface area contributed by atoms with Gasteiger partial charge in [0, 0.05) is 11.0 Å². The molecular weight excluding hydrogens is 376 g/mol. The molecule has 1 N–H and O–H groups in total. The van der Waals surface area contributed by atoms with Crippen LogP contribution >= 0.6 is 27.5 Å². The molecule has 2 nitrogen and oxygen atoms in total. The zero-order chi connectivity index (χ0) is 15.6. The Kier molecular flexibility index (Phi) is 4.73. The molecule has 0 unspecified atom stereocenters. The van der Waals surface area contributed by atoms with Crippen molar-refractivity contribution in [3.8, 4) is 0 Å². The van der Waals surface area contributed by atoms with Crippen LogP contribution in [-0.2, 0) is 12.7 Å². The van der Waals surface area contributed by atoms with Crippen molar-refractivity contribution in [1.82, 2.24) is 4.98 Å². The van der Waals surface area contributed by atoms with E-state index in [0.29, 0.717) is 10.0 Å². The molecule has 21 heavy (non-hydrogen) atoms. The molecule has 1 heterocycles. The van der Waals surface area contributed by atoms with E-state index < -0.39 is 17.6 Å². The summed E-state index contributed by atoms with van der Waals surface area (Å²) in [6, 6.07) is 5.64. The molecule has 0 aliphatic carbocycles. The summed E-state index contributed by atoms with van der Waals surface area (Å²) in [7, 11) is 0. The maximum atomic E-state index is 13.1. The SMILES string of the molecule is Fc1ccc(Br)c(CNc2cc(C(F)(F)F)cc(Cl)n2)c1. The van der Waals surface area contributed by atoms with Gasteiger partial charge in [0.15, 0.2) is 0 Å². The largest absolute Gasteiger partial charge is 0.416 e. The van der Waals surface area contributed by atoms with Crippen LogP contribution in [0.1, 0.15) is 11.1 Å². The zero-order valence-corrected chi connectivity index (χ0v) is 12.7. The Morgan fingerprint density at radius 2 is 1.90 bits per heavy atom. The molecule has 1 aromatic heterocycles. The number of anilines is 1. The van der Waals surface area contributed by atoms with Gasteiger partial charge < -0.3 is 5.32 Å². The van der Waals surface area contributed by atoms with Gasteiger partial charge in [-0.1, -0.05) is 27.5 Å². The minimum absolute atomic E-state index is 0.0361. The molecule has 2 rings (SSSR count). The van der Waals surface area contributed by atoms with Crippen LogP contribution in [0, 0.1) is 5.82 Å². The van der Waals surface area contributed by atoms with Gasteiger partial charge in [0.05, 0.1) is 5.56 Å². The number of aromatic nitrogens is 1. The molecule has 0 fully saturated rings. The fraction of sp³-hybridized carbons (Fsp3) is 0.154. The van der Waals surface area contributed by atoms with Crippen molar-refractivity contribution >= 4 is 33.3 Å². The summed E-state index contributed by atoms with van der Waals surface area (Å²) in [5.74, 6) is -0.476. The first-order valence-electron chi connectivity index (χ1n) is 5.68. The van der Waals surface area contributed by atoms with Gasteiger partial charge in [-0.25, -0.2) is 9.37 Å². The van der Waals surface area contributed by atoms with Crippen molar-refractivity contribution in [2.24, 2.45) is 0 Å². The summed E-state index contributed by atoms with van der Waals surface area (Å²) >= 11 is 8.81. The number of halogens is 6. The molecule has 0 radical (unpaired) electrons. The molecule has 0 aliphatic rings. The first-order valence-corrected chi connectivity index (χ1v) is 6.85. The minimum atomic E-state index is -4.51. The van der Waals surface area contributed by atoms with Crippen LogP contribution in [0.2, 0.25) is 5.15 Å². The summed E-state index contributed by atoms with van der Waals surface area (Å²) in [6.45, 7) is 0.100. The van der Waals surface area contributed by atoms with Gasteiger partial charge in [-0.15, -0.1) is 0 Å². The number of nitrogens with one attached hydrogen (secondary N) is 1. The summed E-state index contributed by atoms with van der Waals surface area (Å²) < 4.78 is 51.7. The number of hydrogen-bond acceptors (Lipinski definition) is 2. The third kappa shape index (κ3) is 4.31. The number of rotatable bonds is 3. The number of nitrogens with zero attached hydrogens (tertiary/aromatic N) is 1. The predicted octanol–water partition coefficient (Wildman–Crippen LogP) is 5.27. The highest BCUT2D eigenvalue weighted by Gasteiger charge is 2.31. The van der Waals surface area contributed by atoms with Crippen LogP contribution in [0.15, 0.2) is 34.8 Å². The highest BCUT2D eigenvalue weighted by Crippen LogP contribution is 2.32. The number of pyridine rings is 1. The fourth-order valence-electron chi connectivity index (χ4n) is 1.62. The smallest absolute Gasteiger partial charge is 0.366 e. The van der Waals surface area contributed by atoms with Crippen LogP contribution in [0.3, 0.4) is 0 Å². The molecule has 0 aliphatic heterocycles. The Morgan fingerprint density at radius 3 is 2.57 bits per heavy atom. The lowest BCUT2D eigenvalue weighted by molar-refractivity contribution is -0.137. The second kappa shape index (κ2) is 6.19. The van der Waals surface area contributed by atoms with Gasteiger partial charge in [0.25, 0.3) is 0 Å². The second-order valence-electron chi connectivity index (χ2n) is 4.15. The Bertz CT molecular complexity index is 661. The summed E-state index contributed by atoms with van der Waals surface area (Å²) in [5, 5.41) is 2.42. The molecule has 1 aromatic carbocycles. The van der Waals surface area contributed by atoms with Crippen LogP contribution in [0.5, 0.6) is 0 Å². The lowest BCUT2D eigenvalue weighted by Gasteiger charge is -2.11. The maximum absolute atomic E-state index is 13.1. The van der Waals surface area contributed by atoms with Crippen LogP contribution < -0.4 is 5.32 Å². The number of alkyl halides is 3. The molecule has 0 saturated carbocycles. The topological polar surface area (TPSA) is 24.9 Å². The van der Waals surface area contributed by atoms with E-state index in [1.165, 1.54) is 18.2 Å². The molecule has 0 spiro atoms. The van der Waals surface area contributed by atoms with E-state index in [1.807, 2.05) is 0 Å². The highest BCUT2D eigenvalue weighted by atomic mass is 79.9. The summed E-state index contributed by atoms with van der Waals surface area (Å²) in [6.07, 6.45) is -4.51. The number of benzene rings is 1. The normalized spacial score (nSPS) is 11.5. The van der Waals surface area contributed by atoms with Crippen molar-refractivity contribution in [3.05, 3.63) is 56.9 Å². The van der Waals surface area contributed by atoms with Crippen LogP contribution in [0.25, 0.3) is 0 Å². The molecule has 8 heteroatoms. The van der Waals surface area contributed by atoms with E-state index in [4.69, 9.17) is 11.6 Å². The van der Waals surface area contributed by atoms with Gasteiger partial charge in [-0.3, -0.25) is 0 Å². The van der Waals surface area contributed by atoms with Gasteiger partial charge in [-0.2, -0.15) is 13.2 Å². The van der Waals surface area contributed by atoms with Gasteiger partial charge in [-0.05, 0) is 35.9 Å². The second-order valence-corrected chi connectivity index (χ2v) is 5.39. The van der Waals surface area contributed by atoms with Crippen molar-refractivity contribution in [2.45, 2.75) is 12.7 Å². The lowest BCUT2D eigenvalue weighted by atomic mass is 10.2. The van der Waals surface area contributed by atoms with Crippen molar-refractivity contribution in [2.75, 3.05) is 5.32 Å². The van der Waals surface area contributed by atoms with E-state index in [-0.39, 0.29) is 17.5 Å². The third-order valence-corrected chi connectivity index (χ3v) is 3.56. The van der Waals surface area contributed by atoms with Gasteiger partial charge in [0.2, 0.25) is 0 Å². The molecule has 0 amide bonds. The Labute approximate surface area is 131 Å². The fourth-order valence-corrected chi connectivity index (χ4v) is 2.21. The standard InChI is InChI=1S/C13H8BrClF4N2/c14-10-2-1-9(16)3-7(10)6-20-12-5-8(13(17,18)19)4-11(15)21-12/h1-5H,6H2,(H,20,21). The monoisotopic (exact) mass is 382 g/mol. The van der Waals surface area contributed by atoms with Crippen LogP contribution in [0.4, 0.5) is 23.4 Å². The Morgan fingerprint density at radius 1 is 1.19 bits per heavy atom. The first-order chi connectivity index (χ1) is 9.75. The molecule has 112 valence electrons. The molecular formula is C13H8BrClF4N2. The van der Waals surface area contributed by atoms with Gasteiger partial charge >= 0.3 is 6.18 Å². The highest BCUT2D eigenvalue weighted by molar-refractivity contribution is 9.10. The molecule has 2 aromatic rings. The third-order valence-electron chi connectivity index (χ3n) is 2.59.